The van der Waals surface area contributed by atoms with Crippen molar-refractivity contribution in [3.8, 4) is 0 Å². The number of aromatic nitrogens is 1. The van der Waals surface area contributed by atoms with E-state index in [1.165, 1.54) is 19.2 Å². The van der Waals surface area contributed by atoms with Crippen LogP contribution in [0.2, 0.25) is 11.8 Å². The van der Waals surface area contributed by atoms with Crippen LogP contribution in [0.15, 0.2) is 35.4 Å². The van der Waals surface area contributed by atoms with Gasteiger partial charge in [-0.05, 0) is 30.7 Å². The van der Waals surface area contributed by atoms with Crippen LogP contribution in [0.25, 0.3) is 0 Å². The van der Waals surface area contributed by atoms with E-state index in [1.807, 2.05) is 0 Å². The van der Waals surface area contributed by atoms with Crippen LogP contribution in [0.3, 0.4) is 0 Å². The van der Waals surface area contributed by atoms with Gasteiger partial charge in [0.25, 0.3) is 10.0 Å². The number of sulfonamides is 1. The molecule has 0 atom stereocenters. The topological polar surface area (TPSA) is 59.1 Å². The third-order valence-electron chi connectivity index (χ3n) is 3.23. The lowest BCUT2D eigenvalue weighted by molar-refractivity contribution is -0.138. The van der Waals surface area contributed by atoms with E-state index in [4.69, 9.17) is 11.6 Å². The highest BCUT2D eigenvalue weighted by Gasteiger charge is 2.33. The summed E-state index contributed by atoms with van der Waals surface area (Å²) in [7, 11) is -2.68. The Morgan fingerprint density at radius 2 is 1.92 bits per heavy atom. The molecule has 1 radical (unpaired) electrons. The molecule has 2 rings (SSSR count). The average Bonchev–Trinajstić information content (AvgIpc) is 2.46. The van der Waals surface area contributed by atoms with Gasteiger partial charge in [-0.3, -0.25) is 9.71 Å². The lowest BCUT2D eigenvalue weighted by Gasteiger charge is -2.14. The molecule has 127 valence electrons. The molecule has 0 bridgehead atoms. The van der Waals surface area contributed by atoms with E-state index in [-0.39, 0.29) is 16.3 Å². The van der Waals surface area contributed by atoms with E-state index in [2.05, 4.69) is 9.71 Å². The summed E-state index contributed by atoms with van der Waals surface area (Å²) in [6.07, 6.45) is -3.31. The second kappa shape index (κ2) is 6.64. The molecule has 0 unspecified atom stereocenters. The molecule has 0 saturated heterocycles. The summed E-state index contributed by atoms with van der Waals surface area (Å²) >= 11 is 5.79. The van der Waals surface area contributed by atoms with E-state index in [0.29, 0.717) is 11.7 Å². The number of alkyl halides is 3. The van der Waals surface area contributed by atoms with Gasteiger partial charge in [0.15, 0.2) is 7.28 Å². The van der Waals surface area contributed by atoms with Crippen molar-refractivity contribution < 1.29 is 21.6 Å². The van der Waals surface area contributed by atoms with Gasteiger partial charge in [-0.25, -0.2) is 8.42 Å². The summed E-state index contributed by atoms with van der Waals surface area (Å²) in [4.78, 5) is 3.45. The number of hydrogen-bond acceptors (Lipinski definition) is 3. The quantitative estimate of drug-likeness (QED) is 0.835. The Bertz CT molecular complexity index is 873. The standard InChI is InChI=1S/C14H12BClF3N2O2S/c1-8-3-4-10(6-11(8)14(17,18)19)24(22,23)21-12-5-9(16)7-20-13(12)15-2/h3-7,21H,1-2H3. The maximum atomic E-state index is 13.0. The summed E-state index contributed by atoms with van der Waals surface area (Å²) in [6.45, 7) is 2.90. The van der Waals surface area contributed by atoms with Crippen molar-refractivity contribution in [3.05, 3.63) is 46.6 Å². The monoisotopic (exact) mass is 375 g/mol. The molecule has 0 amide bonds. The van der Waals surface area contributed by atoms with Crippen LogP contribution in [-0.4, -0.2) is 20.7 Å². The predicted molar refractivity (Wildman–Crippen MR) is 87.5 cm³/mol. The van der Waals surface area contributed by atoms with Crippen LogP contribution >= 0.6 is 11.6 Å². The molecule has 0 saturated carbocycles. The summed E-state index contributed by atoms with van der Waals surface area (Å²) in [5.74, 6) is 0. The van der Waals surface area contributed by atoms with Gasteiger partial charge in [-0.15, -0.1) is 0 Å². The summed E-state index contributed by atoms with van der Waals surface area (Å²) in [6, 6.07) is 4.16. The Morgan fingerprint density at radius 1 is 1.25 bits per heavy atom. The first kappa shape index (κ1) is 18.6. The molecule has 0 spiro atoms. The van der Waals surface area contributed by atoms with Gasteiger partial charge >= 0.3 is 6.18 Å². The minimum absolute atomic E-state index is 0.0616. The molecule has 1 aromatic heterocycles. The minimum Gasteiger partial charge on any atom is -0.279 e. The SMILES string of the molecule is C[B]c1ncc(Cl)cc1NS(=O)(=O)c1ccc(C)c(C(F)(F)F)c1. The zero-order valence-corrected chi connectivity index (χ0v) is 14.2. The van der Waals surface area contributed by atoms with Gasteiger partial charge in [-0.2, -0.15) is 13.2 Å². The molecule has 2 aromatic rings. The van der Waals surface area contributed by atoms with E-state index < -0.39 is 26.7 Å². The first-order valence-electron chi connectivity index (χ1n) is 6.70. The van der Waals surface area contributed by atoms with Gasteiger partial charge in [0.05, 0.1) is 21.2 Å². The maximum Gasteiger partial charge on any atom is 0.416 e. The Balaban J connectivity index is 2.47. The molecule has 1 N–H and O–H groups in total. The van der Waals surface area contributed by atoms with Crippen LogP contribution in [0.1, 0.15) is 11.1 Å². The maximum absolute atomic E-state index is 13.0. The highest BCUT2D eigenvalue weighted by Crippen LogP contribution is 2.33. The smallest absolute Gasteiger partial charge is 0.279 e. The average molecular weight is 376 g/mol. The fraction of sp³-hybridized carbons (Fsp3) is 0.214. The van der Waals surface area contributed by atoms with Crippen LogP contribution in [0.4, 0.5) is 18.9 Å². The summed E-state index contributed by atoms with van der Waals surface area (Å²) in [5, 5.41) is 0.193. The Kier molecular flexibility index (Phi) is 5.15. The Morgan fingerprint density at radius 3 is 2.50 bits per heavy atom. The Hall–Kier alpha value is -1.74. The number of hydrogen-bond donors (Lipinski definition) is 1. The molecule has 1 aromatic carbocycles. The Labute approximate surface area is 143 Å². The molecule has 0 fully saturated rings. The largest absolute Gasteiger partial charge is 0.416 e. The van der Waals surface area contributed by atoms with Crippen molar-refractivity contribution in [2.75, 3.05) is 4.72 Å². The highest BCUT2D eigenvalue weighted by atomic mass is 35.5. The molecule has 10 heteroatoms. The third kappa shape index (κ3) is 4.02. The van der Waals surface area contributed by atoms with Crippen molar-refractivity contribution in [2.24, 2.45) is 0 Å². The van der Waals surface area contributed by atoms with Crippen molar-refractivity contribution in [1.82, 2.24) is 4.98 Å². The molecular formula is C14H12BClF3N2O2S. The van der Waals surface area contributed by atoms with Crippen LogP contribution in [-0.2, 0) is 16.2 Å². The van der Waals surface area contributed by atoms with Crippen LogP contribution < -0.4 is 10.3 Å². The van der Waals surface area contributed by atoms with Crippen LogP contribution in [0, 0.1) is 6.92 Å². The highest BCUT2D eigenvalue weighted by molar-refractivity contribution is 7.92. The van der Waals surface area contributed by atoms with E-state index in [0.717, 1.165) is 12.1 Å². The van der Waals surface area contributed by atoms with E-state index in [9.17, 15) is 21.6 Å². The van der Waals surface area contributed by atoms with Crippen molar-refractivity contribution in [3.63, 3.8) is 0 Å². The fourth-order valence-corrected chi connectivity index (χ4v) is 3.29. The van der Waals surface area contributed by atoms with Gasteiger partial charge in [0.1, 0.15) is 0 Å². The molecular weight excluding hydrogens is 363 g/mol. The summed E-state index contributed by atoms with van der Waals surface area (Å²) in [5.41, 5.74) is -0.671. The van der Waals surface area contributed by atoms with E-state index in [1.54, 1.807) is 14.1 Å². The second-order valence-electron chi connectivity index (χ2n) is 4.95. The number of benzene rings is 1. The third-order valence-corrected chi connectivity index (χ3v) is 4.80. The number of anilines is 1. The van der Waals surface area contributed by atoms with Gasteiger partial charge in [0, 0.05) is 11.8 Å². The zero-order chi connectivity index (χ0) is 18.1. The number of rotatable bonds is 4. The molecule has 1 heterocycles. The van der Waals surface area contributed by atoms with Crippen molar-refractivity contribution >= 4 is 40.2 Å². The molecule has 0 aliphatic rings. The molecule has 0 aliphatic heterocycles. The predicted octanol–water partition coefficient (Wildman–Crippen LogP) is 3.24. The number of nitrogens with zero attached hydrogens (tertiary/aromatic N) is 1. The van der Waals surface area contributed by atoms with Crippen molar-refractivity contribution in [2.45, 2.75) is 24.8 Å². The van der Waals surface area contributed by atoms with Gasteiger partial charge in [-0.1, -0.05) is 24.5 Å². The number of aryl methyl sites for hydroxylation is 1. The number of pyridine rings is 1. The lowest BCUT2D eigenvalue weighted by Crippen LogP contribution is -2.24. The lowest BCUT2D eigenvalue weighted by atomic mass is 9.77. The van der Waals surface area contributed by atoms with E-state index >= 15 is 0 Å². The fourth-order valence-electron chi connectivity index (χ4n) is 2.04. The first-order valence-corrected chi connectivity index (χ1v) is 8.56. The van der Waals surface area contributed by atoms with Crippen LogP contribution in [0.5, 0.6) is 0 Å². The zero-order valence-electron chi connectivity index (χ0n) is 12.6. The van der Waals surface area contributed by atoms with Gasteiger partial charge in [0.2, 0.25) is 0 Å². The second-order valence-corrected chi connectivity index (χ2v) is 7.07. The minimum atomic E-state index is -4.64. The molecule has 24 heavy (non-hydrogen) atoms. The van der Waals surface area contributed by atoms with Gasteiger partial charge < -0.3 is 0 Å². The molecule has 0 aliphatic carbocycles. The first-order chi connectivity index (χ1) is 11.0. The number of halogens is 4. The number of nitrogens with one attached hydrogen (secondary N) is 1. The van der Waals surface area contributed by atoms with Crippen molar-refractivity contribution in [1.29, 1.82) is 0 Å². The normalized spacial score (nSPS) is 12.1. The summed E-state index contributed by atoms with van der Waals surface area (Å²) < 4.78 is 65.9. The molecule has 4 nitrogen and oxygen atoms in total.